The fraction of sp³-hybridized carbons (Fsp3) is 0.0877. The molecule has 0 bridgehead atoms. The molecule has 8 aromatic carbocycles. The largest absolute Gasteiger partial charge is 0.313 e. The summed E-state index contributed by atoms with van der Waals surface area (Å²) >= 11 is 0. The highest BCUT2D eigenvalue weighted by Crippen LogP contribution is 2.57. The van der Waals surface area contributed by atoms with Crippen LogP contribution in [0.1, 0.15) is 42.7 Å². The fourth-order valence-corrected chi connectivity index (χ4v) is 9.86. The highest BCUT2D eigenvalue weighted by molar-refractivity contribution is 5.99. The summed E-state index contributed by atoms with van der Waals surface area (Å²) in [5.41, 5.74) is 21.1. The Bertz CT molecular complexity index is 2940. The molecule has 0 amide bonds. The fourth-order valence-electron chi connectivity index (χ4n) is 9.86. The number of nitrogens with zero attached hydrogens (tertiary/aromatic N) is 2. The lowest BCUT2D eigenvalue weighted by Crippen LogP contribution is -2.20. The van der Waals surface area contributed by atoms with E-state index in [4.69, 9.17) is 0 Å². The number of allylic oxidation sites excluding steroid dienone is 1. The minimum absolute atomic E-state index is 0.250. The number of anilines is 3. The molecule has 0 atom stereocenters. The zero-order valence-electron chi connectivity index (χ0n) is 33.4. The van der Waals surface area contributed by atoms with Crippen molar-refractivity contribution < 1.29 is 0 Å². The van der Waals surface area contributed by atoms with Gasteiger partial charge in [-0.15, -0.1) is 0 Å². The zero-order chi connectivity index (χ0) is 39.5. The highest BCUT2D eigenvalue weighted by Gasteiger charge is 2.40. The summed E-state index contributed by atoms with van der Waals surface area (Å²) < 4.78 is 2.48. The zero-order valence-corrected chi connectivity index (χ0v) is 33.4. The van der Waals surface area contributed by atoms with Crippen molar-refractivity contribution in [3.05, 3.63) is 223 Å². The van der Waals surface area contributed by atoms with E-state index in [-0.39, 0.29) is 5.41 Å². The summed E-state index contributed by atoms with van der Waals surface area (Å²) in [6.07, 6.45) is 6.74. The normalized spacial score (nSPS) is 13.5. The SMILES string of the molecule is CC1(C)c2ccccc2-c2c(-c3ccc(-n4c5c(c6ccccc64)C=CCC5)cc3)ccc(N(c3ccc(-c4ccccc4)cc3)c3ccc(-c4ccccc4)cc3)c21. The van der Waals surface area contributed by atoms with Gasteiger partial charge < -0.3 is 9.47 Å². The van der Waals surface area contributed by atoms with Gasteiger partial charge in [-0.05, 0) is 117 Å². The van der Waals surface area contributed by atoms with Crippen LogP contribution >= 0.6 is 0 Å². The molecular weight excluding hydrogens is 713 g/mol. The van der Waals surface area contributed by atoms with Crippen molar-refractivity contribution in [2.45, 2.75) is 32.1 Å². The minimum atomic E-state index is -0.250. The van der Waals surface area contributed by atoms with Crippen LogP contribution in [0.5, 0.6) is 0 Å². The second kappa shape index (κ2) is 14.0. The maximum atomic E-state index is 2.48. The lowest BCUT2D eigenvalue weighted by molar-refractivity contribution is 0.661. The summed E-state index contributed by atoms with van der Waals surface area (Å²) in [5, 5.41) is 1.32. The molecule has 1 heterocycles. The molecule has 2 heteroatoms. The first-order valence-corrected chi connectivity index (χ1v) is 20.8. The minimum Gasteiger partial charge on any atom is -0.313 e. The van der Waals surface area contributed by atoms with Crippen molar-refractivity contribution in [3.63, 3.8) is 0 Å². The molecule has 0 radical (unpaired) electrons. The molecule has 0 fully saturated rings. The van der Waals surface area contributed by atoms with Crippen LogP contribution in [0.25, 0.3) is 67.2 Å². The summed E-state index contributed by atoms with van der Waals surface area (Å²) in [5.74, 6) is 0. The van der Waals surface area contributed by atoms with E-state index in [1.54, 1.807) is 0 Å². The molecular formula is C57H44N2. The third kappa shape index (κ3) is 5.78. The number of fused-ring (bicyclic) bond motifs is 6. The third-order valence-electron chi connectivity index (χ3n) is 12.7. The average Bonchev–Trinajstić information content (AvgIpc) is 3.76. The predicted octanol–water partition coefficient (Wildman–Crippen LogP) is 15.4. The molecule has 9 aromatic rings. The standard InChI is InChI=1S/C57H44N2/c1-57(2)51-22-12-9-21-50(51)55-47(43-29-35-46(36-30-43)59-52-23-13-10-19-48(52)49-20-11-14-24-53(49)59)37-38-54(56(55)57)58(44-31-25-41(26-32-44)39-15-5-3-6-16-39)45-33-27-42(28-34-45)40-17-7-4-8-18-40/h3-13,15-23,25-38H,14,24H2,1-2H3. The Morgan fingerprint density at radius 1 is 0.492 bits per heavy atom. The topological polar surface area (TPSA) is 8.17 Å². The van der Waals surface area contributed by atoms with Crippen molar-refractivity contribution >= 4 is 34.0 Å². The van der Waals surface area contributed by atoms with Gasteiger partial charge in [-0.25, -0.2) is 0 Å². The average molecular weight is 757 g/mol. The van der Waals surface area contributed by atoms with Crippen LogP contribution < -0.4 is 4.90 Å². The van der Waals surface area contributed by atoms with E-state index in [1.165, 1.54) is 89.2 Å². The summed E-state index contributed by atoms with van der Waals surface area (Å²) in [4.78, 5) is 2.47. The van der Waals surface area contributed by atoms with Crippen LogP contribution in [0.4, 0.5) is 17.1 Å². The molecule has 1 aromatic heterocycles. The Balaban J connectivity index is 1.08. The summed E-state index contributed by atoms with van der Waals surface area (Å²) in [6, 6.07) is 71.4. The monoisotopic (exact) mass is 756 g/mol. The van der Waals surface area contributed by atoms with Gasteiger partial charge in [0.1, 0.15) is 0 Å². The maximum Gasteiger partial charge on any atom is 0.0537 e. The highest BCUT2D eigenvalue weighted by atomic mass is 15.1. The first-order chi connectivity index (χ1) is 29.0. The van der Waals surface area contributed by atoms with Gasteiger partial charge in [0.15, 0.2) is 0 Å². The molecule has 2 aliphatic carbocycles. The van der Waals surface area contributed by atoms with E-state index >= 15 is 0 Å². The van der Waals surface area contributed by atoms with E-state index in [1.807, 2.05) is 0 Å². The quantitative estimate of drug-likeness (QED) is 0.157. The molecule has 282 valence electrons. The molecule has 0 spiro atoms. The van der Waals surface area contributed by atoms with Gasteiger partial charge >= 0.3 is 0 Å². The van der Waals surface area contributed by atoms with Gasteiger partial charge in [0.25, 0.3) is 0 Å². The lowest BCUT2D eigenvalue weighted by Gasteiger charge is -2.33. The molecule has 11 rings (SSSR count). The van der Waals surface area contributed by atoms with Crippen LogP contribution in [-0.4, -0.2) is 4.57 Å². The Labute approximate surface area is 347 Å². The molecule has 2 nitrogen and oxygen atoms in total. The molecule has 59 heavy (non-hydrogen) atoms. The van der Waals surface area contributed by atoms with E-state index in [2.05, 4.69) is 230 Å². The van der Waals surface area contributed by atoms with E-state index < -0.39 is 0 Å². The van der Waals surface area contributed by atoms with E-state index in [9.17, 15) is 0 Å². The van der Waals surface area contributed by atoms with Crippen LogP contribution in [0.15, 0.2) is 200 Å². The van der Waals surface area contributed by atoms with Crippen LogP contribution in [0.3, 0.4) is 0 Å². The number of benzene rings is 8. The smallest absolute Gasteiger partial charge is 0.0537 e. The van der Waals surface area contributed by atoms with Crippen molar-refractivity contribution in [3.8, 4) is 50.2 Å². The number of aromatic nitrogens is 1. The predicted molar refractivity (Wildman–Crippen MR) is 249 cm³/mol. The Morgan fingerprint density at radius 3 is 1.71 bits per heavy atom. The van der Waals surface area contributed by atoms with Crippen molar-refractivity contribution in [2.75, 3.05) is 4.90 Å². The van der Waals surface area contributed by atoms with Gasteiger partial charge in [-0.3, -0.25) is 0 Å². The van der Waals surface area contributed by atoms with E-state index in [0.29, 0.717) is 0 Å². The van der Waals surface area contributed by atoms with Gasteiger partial charge in [0.2, 0.25) is 0 Å². The Morgan fingerprint density at radius 2 is 1.05 bits per heavy atom. The maximum absolute atomic E-state index is 2.48. The molecule has 0 saturated carbocycles. The molecule has 0 aliphatic heterocycles. The number of hydrogen-bond acceptors (Lipinski definition) is 1. The Kier molecular flexibility index (Phi) is 8.34. The van der Waals surface area contributed by atoms with E-state index in [0.717, 1.165) is 24.2 Å². The Hall–Kier alpha value is -7.16. The molecule has 0 saturated heterocycles. The first kappa shape index (κ1) is 35.0. The molecule has 0 unspecified atom stereocenters. The van der Waals surface area contributed by atoms with Crippen molar-refractivity contribution in [1.82, 2.24) is 4.57 Å². The second-order valence-corrected chi connectivity index (χ2v) is 16.4. The van der Waals surface area contributed by atoms with Crippen molar-refractivity contribution in [2.24, 2.45) is 0 Å². The third-order valence-corrected chi connectivity index (χ3v) is 12.7. The molecule has 2 aliphatic rings. The first-order valence-electron chi connectivity index (χ1n) is 20.8. The van der Waals surface area contributed by atoms with Crippen LogP contribution in [-0.2, 0) is 11.8 Å². The lowest BCUT2D eigenvalue weighted by atomic mass is 9.80. The molecule has 0 N–H and O–H groups in total. The van der Waals surface area contributed by atoms with Crippen LogP contribution in [0, 0.1) is 0 Å². The van der Waals surface area contributed by atoms with Gasteiger partial charge in [0, 0.05) is 39.1 Å². The summed E-state index contributed by atoms with van der Waals surface area (Å²) in [6.45, 7) is 4.80. The second-order valence-electron chi connectivity index (χ2n) is 16.4. The van der Waals surface area contributed by atoms with Crippen LogP contribution in [0.2, 0.25) is 0 Å². The van der Waals surface area contributed by atoms with Gasteiger partial charge in [0.05, 0.1) is 11.2 Å². The van der Waals surface area contributed by atoms with Gasteiger partial charge in [-0.2, -0.15) is 0 Å². The van der Waals surface area contributed by atoms with Gasteiger partial charge in [-0.1, -0.05) is 172 Å². The number of hydrogen-bond donors (Lipinski definition) is 0. The summed E-state index contributed by atoms with van der Waals surface area (Å²) in [7, 11) is 0. The number of rotatable bonds is 7. The van der Waals surface area contributed by atoms with Crippen molar-refractivity contribution in [1.29, 1.82) is 0 Å². The number of para-hydroxylation sites is 1.